The van der Waals surface area contributed by atoms with E-state index in [1.807, 2.05) is 0 Å². The summed E-state index contributed by atoms with van der Waals surface area (Å²) in [6.45, 7) is 1.82. The zero-order valence-electron chi connectivity index (χ0n) is 10.7. The van der Waals surface area contributed by atoms with Gasteiger partial charge >= 0.3 is 5.97 Å². The van der Waals surface area contributed by atoms with Crippen molar-refractivity contribution in [3.8, 4) is 5.75 Å². The van der Waals surface area contributed by atoms with Crippen molar-refractivity contribution >= 4 is 15.8 Å². The van der Waals surface area contributed by atoms with Crippen LogP contribution in [0.1, 0.15) is 6.92 Å². The molecule has 7 heteroatoms. The standard InChI is InChI=1S/C12H16O6S/c1-3-17-11(12(13)14)8-18-9-4-6-10(7-5-9)19(2,15)16/h4-7,11H,3,8H2,1-2H3,(H,13,14). The molecular weight excluding hydrogens is 272 g/mol. The van der Waals surface area contributed by atoms with Crippen molar-refractivity contribution in [3.05, 3.63) is 24.3 Å². The minimum Gasteiger partial charge on any atom is -0.490 e. The molecule has 106 valence electrons. The first-order valence-electron chi connectivity index (χ1n) is 5.62. The van der Waals surface area contributed by atoms with Crippen LogP contribution in [0.4, 0.5) is 0 Å². The summed E-state index contributed by atoms with van der Waals surface area (Å²) in [6, 6.07) is 5.75. The second kappa shape index (κ2) is 6.53. The van der Waals surface area contributed by atoms with Gasteiger partial charge in [0, 0.05) is 12.9 Å². The fraction of sp³-hybridized carbons (Fsp3) is 0.417. The molecular formula is C12H16O6S. The Bertz CT molecular complexity index is 520. The molecule has 6 nitrogen and oxygen atoms in total. The third-order valence-corrected chi connectivity index (χ3v) is 3.43. The molecule has 1 atom stereocenters. The van der Waals surface area contributed by atoms with Gasteiger partial charge in [0.05, 0.1) is 4.90 Å². The van der Waals surface area contributed by atoms with Gasteiger partial charge in [-0.05, 0) is 31.2 Å². The van der Waals surface area contributed by atoms with E-state index in [4.69, 9.17) is 14.6 Å². The molecule has 0 aliphatic carbocycles. The second-order valence-electron chi connectivity index (χ2n) is 3.84. The lowest BCUT2D eigenvalue weighted by molar-refractivity contribution is -0.152. The van der Waals surface area contributed by atoms with Crippen LogP contribution in [0.5, 0.6) is 5.75 Å². The number of rotatable bonds is 7. The molecule has 1 unspecified atom stereocenters. The first kappa shape index (κ1) is 15.5. The molecule has 0 bridgehead atoms. The second-order valence-corrected chi connectivity index (χ2v) is 5.85. The van der Waals surface area contributed by atoms with Crippen molar-refractivity contribution in [2.24, 2.45) is 0 Å². The molecule has 0 aliphatic rings. The SMILES string of the molecule is CCOC(COc1ccc(S(C)(=O)=O)cc1)C(=O)O. The summed E-state index contributed by atoms with van der Waals surface area (Å²) >= 11 is 0. The largest absolute Gasteiger partial charge is 0.490 e. The molecule has 0 saturated carbocycles. The first-order valence-corrected chi connectivity index (χ1v) is 7.51. The highest BCUT2D eigenvalue weighted by Gasteiger charge is 2.18. The molecule has 0 amide bonds. The molecule has 1 aromatic rings. The minimum atomic E-state index is -3.25. The van der Waals surface area contributed by atoms with Gasteiger partial charge in [-0.1, -0.05) is 0 Å². The predicted octanol–water partition coefficient (Wildman–Crippen LogP) is 0.959. The van der Waals surface area contributed by atoms with E-state index in [0.717, 1.165) is 6.26 Å². The van der Waals surface area contributed by atoms with Crippen LogP contribution < -0.4 is 4.74 Å². The van der Waals surface area contributed by atoms with E-state index >= 15 is 0 Å². The quantitative estimate of drug-likeness (QED) is 0.803. The van der Waals surface area contributed by atoms with Gasteiger partial charge in [-0.3, -0.25) is 0 Å². The van der Waals surface area contributed by atoms with E-state index in [1.165, 1.54) is 24.3 Å². The fourth-order valence-electron chi connectivity index (χ4n) is 1.35. The Morgan fingerprint density at radius 3 is 2.32 bits per heavy atom. The molecule has 0 fully saturated rings. The molecule has 0 spiro atoms. The molecule has 0 saturated heterocycles. The van der Waals surface area contributed by atoms with Crippen LogP contribution >= 0.6 is 0 Å². The first-order chi connectivity index (χ1) is 8.84. The van der Waals surface area contributed by atoms with E-state index in [-0.39, 0.29) is 18.1 Å². The fourth-order valence-corrected chi connectivity index (χ4v) is 1.98. The monoisotopic (exact) mass is 288 g/mol. The van der Waals surface area contributed by atoms with Crippen molar-refractivity contribution in [3.63, 3.8) is 0 Å². The Morgan fingerprint density at radius 1 is 1.32 bits per heavy atom. The van der Waals surface area contributed by atoms with Crippen molar-refractivity contribution in [1.82, 2.24) is 0 Å². The summed E-state index contributed by atoms with van der Waals surface area (Å²) in [5.74, 6) is -0.715. The van der Waals surface area contributed by atoms with E-state index < -0.39 is 21.9 Å². The number of aliphatic carboxylic acids is 1. The number of carboxylic acid groups (broad SMARTS) is 1. The maximum Gasteiger partial charge on any atom is 0.336 e. The molecule has 0 aliphatic heterocycles. The van der Waals surface area contributed by atoms with E-state index in [1.54, 1.807) is 6.92 Å². The Labute approximate surface area is 111 Å². The van der Waals surface area contributed by atoms with Crippen LogP contribution in [0.3, 0.4) is 0 Å². The topological polar surface area (TPSA) is 89.9 Å². The average Bonchev–Trinajstić information content (AvgIpc) is 2.33. The highest BCUT2D eigenvalue weighted by molar-refractivity contribution is 7.90. The van der Waals surface area contributed by atoms with E-state index in [9.17, 15) is 13.2 Å². The molecule has 0 radical (unpaired) electrons. The molecule has 1 aromatic carbocycles. The van der Waals surface area contributed by atoms with E-state index in [2.05, 4.69) is 0 Å². The van der Waals surface area contributed by atoms with Gasteiger partial charge in [0.25, 0.3) is 0 Å². The van der Waals surface area contributed by atoms with Crippen molar-refractivity contribution < 1.29 is 27.8 Å². The molecule has 0 aromatic heterocycles. The van der Waals surface area contributed by atoms with Gasteiger partial charge in [0.15, 0.2) is 15.9 Å². The van der Waals surface area contributed by atoms with Crippen molar-refractivity contribution in [1.29, 1.82) is 0 Å². The Kier molecular flexibility index (Phi) is 5.31. The summed E-state index contributed by atoms with van der Waals surface area (Å²) < 4.78 is 32.7. The summed E-state index contributed by atoms with van der Waals surface area (Å²) in [6.07, 6.45) is 0.0675. The zero-order chi connectivity index (χ0) is 14.5. The molecule has 19 heavy (non-hydrogen) atoms. The Morgan fingerprint density at radius 2 is 1.89 bits per heavy atom. The minimum absolute atomic E-state index is 0.138. The normalized spacial score (nSPS) is 12.9. The van der Waals surface area contributed by atoms with Gasteiger partial charge in [0.2, 0.25) is 0 Å². The van der Waals surface area contributed by atoms with Crippen LogP contribution in [0.25, 0.3) is 0 Å². The third-order valence-electron chi connectivity index (χ3n) is 2.30. The number of ether oxygens (including phenoxy) is 2. The summed E-state index contributed by atoms with van der Waals surface area (Å²) in [7, 11) is -3.25. The van der Waals surface area contributed by atoms with Crippen LogP contribution in [-0.2, 0) is 19.4 Å². The van der Waals surface area contributed by atoms with Crippen LogP contribution in [-0.4, -0.2) is 45.1 Å². The maximum absolute atomic E-state index is 11.2. The third kappa shape index (κ3) is 4.88. The zero-order valence-corrected chi connectivity index (χ0v) is 11.5. The van der Waals surface area contributed by atoms with Gasteiger partial charge in [-0.2, -0.15) is 0 Å². The number of benzene rings is 1. The molecule has 1 N–H and O–H groups in total. The summed E-state index contributed by atoms with van der Waals surface area (Å²) in [5.41, 5.74) is 0. The number of sulfone groups is 1. The average molecular weight is 288 g/mol. The smallest absolute Gasteiger partial charge is 0.336 e. The number of carboxylic acids is 1. The van der Waals surface area contributed by atoms with E-state index in [0.29, 0.717) is 5.75 Å². The number of hydrogen-bond donors (Lipinski definition) is 1. The summed E-state index contributed by atoms with van der Waals surface area (Å²) in [4.78, 5) is 11.0. The van der Waals surface area contributed by atoms with Gasteiger partial charge in [-0.15, -0.1) is 0 Å². The van der Waals surface area contributed by atoms with Gasteiger partial charge in [0.1, 0.15) is 12.4 Å². The van der Waals surface area contributed by atoms with Crippen LogP contribution in [0.15, 0.2) is 29.2 Å². The molecule has 1 rings (SSSR count). The maximum atomic E-state index is 11.2. The number of hydrogen-bond acceptors (Lipinski definition) is 5. The van der Waals surface area contributed by atoms with Crippen molar-refractivity contribution in [2.75, 3.05) is 19.5 Å². The lowest BCUT2D eigenvalue weighted by Crippen LogP contribution is -2.30. The predicted molar refractivity (Wildman–Crippen MR) is 68.1 cm³/mol. The highest BCUT2D eigenvalue weighted by Crippen LogP contribution is 2.16. The highest BCUT2D eigenvalue weighted by atomic mass is 32.2. The number of carbonyl (C=O) groups is 1. The van der Waals surface area contributed by atoms with Crippen LogP contribution in [0.2, 0.25) is 0 Å². The molecule has 0 heterocycles. The lowest BCUT2D eigenvalue weighted by Gasteiger charge is -2.13. The van der Waals surface area contributed by atoms with Gasteiger partial charge < -0.3 is 14.6 Å². The summed E-state index contributed by atoms with van der Waals surface area (Å²) in [5, 5.41) is 8.85. The Hall–Kier alpha value is -1.60. The lowest BCUT2D eigenvalue weighted by atomic mass is 10.3. The van der Waals surface area contributed by atoms with Gasteiger partial charge in [-0.25, -0.2) is 13.2 Å². The van der Waals surface area contributed by atoms with Crippen LogP contribution in [0, 0.1) is 0 Å². The van der Waals surface area contributed by atoms with Crippen molar-refractivity contribution in [2.45, 2.75) is 17.9 Å². The Balaban J connectivity index is 2.66.